The van der Waals surface area contributed by atoms with E-state index in [9.17, 15) is 4.79 Å². The number of carbonyl (C=O) groups excluding carboxylic acids is 1. The van der Waals surface area contributed by atoms with Crippen molar-refractivity contribution in [3.05, 3.63) is 35.4 Å². The molecular formula is C19H28N2O. The number of benzene rings is 1. The van der Waals surface area contributed by atoms with Crippen molar-refractivity contribution in [2.45, 2.75) is 51.4 Å². The van der Waals surface area contributed by atoms with Crippen LogP contribution in [0.1, 0.15) is 50.7 Å². The lowest BCUT2D eigenvalue weighted by molar-refractivity contribution is -0.127. The first-order valence-corrected chi connectivity index (χ1v) is 8.61. The van der Waals surface area contributed by atoms with Crippen LogP contribution in [0.2, 0.25) is 0 Å². The van der Waals surface area contributed by atoms with Crippen LogP contribution in [-0.4, -0.2) is 25.5 Å². The van der Waals surface area contributed by atoms with Crippen LogP contribution >= 0.6 is 0 Å². The van der Waals surface area contributed by atoms with E-state index in [0.29, 0.717) is 0 Å². The molecule has 1 aromatic rings. The van der Waals surface area contributed by atoms with Crippen LogP contribution in [0.5, 0.6) is 0 Å². The molecule has 1 atom stereocenters. The van der Waals surface area contributed by atoms with Gasteiger partial charge in [0.2, 0.25) is 5.91 Å². The zero-order valence-electron chi connectivity index (χ0n) is 13.9. The van der Waals surface area contributed by atoms with Crippen LogP contribution in [0.3, 0.4) is 0 Å². The summed E-state index contributed by atoms with van der Waals surface area (Å²) in [7, 11) is 0. The maximum Gasteiger partial charge on any atom is 0.230 e. The summed E-state index contributed by atoms with van der Waals surface area (Å²) in [5.41, 5.74) is 2.46. The Kier molecular flexibility index (Phi) is 4.26. The summed E-state index contributed by atoms with van der Waals surface area (Å²) in [5.74, 6) is 0.208. The predicted molar refractivity (Wildman–Crippen MR) is 90.0 cm³/mol. The SMILES string of the molecule is CC1(CNC(=O)C2(C)CCCc3ccccc32)CCNCC1. The fourth-order valence-corrected chi connectivity index (χ4v) is 3.98. The first kappa shape index (κ1) is 15.5. The maximum absolute atomic E-state index is 12.9. The quantitative estimate of drug-likeness (QED) is 0.901. The second kappa shape index (κ2) is 6.04. The summed E-state index contributed by atoms with van der Waals surface area (Å²) in [4.78, 5) is 12.9. The van der Waals surface area contributed by atoms with Gasteiger partial charge in [-0.2, -0.15) is 0 Å². The Hall–Kier alpha value is -1.35. The van der Waals surface area contributed by atoms with Gasteiger partial charge in [0, 0.05) is 6.54 Å². The van der Waals surface area contributed by atoms with Crippen LogP contribution in [0.25, 0.3) is 0 Å². The van der Waals surface area contributed by atoms with Crippen LogP contribution in [0.15, 0.2) is 24.3 Å². The highest BCUT2D eigenvalue weighted by Crippen LogP contribution is 2.37. The van der Waals surface area contributed by atoms with Crippen molar-refractivity contribution in [3.63, 3.8) is 0 Å². The van der Waals surface area contributed by atoms with E-state index in [1.807, 2.05) is 0 Å². The normalized spacial score (nSPS) is 27.0. The third-order valence-corrected chi connectivity index (χ3v) is 5.72. The van der Waals surface area contributed by atoms with Gasteiger partial charge >= 0.3 is 0 Å². The lowest BCUT2D eigenvalue weighted by Crippen LogP contribution is -2.49. The molecule has 0 radical (unpaired) electrons. The number of carbonyl (C=O) groups is 1. The molecule has 1 aromatic carbocycles. The van der Waals surface area contributed by atoms with Crippen molar-refractivity contribution in [2.75, 3.05) is 19.6 Å². The molecule has 0 bridgehead atoms. The molecule has 1 aliphatic heterocycles. The van der Waals surface area contributed by atoms with E-state index in [0.717, 1.165) is 51.7 Å². The van der Waals surface area contributed by atoms with E-state index in [1.54, 1.807) is 0 Å². The number of aryl methyl sites for hydroxylation is 1. The molecule has 1 unspecified atom stereocenters. The first-order chi connectivity index (χ1) is 10.5. The second-order valence-corrected chi connectivity index (χ2v) is 7.59. The molecule has 2 N–H and O–H groups in total. The smallest absolute Gasteiger partial charge is 0.230 e. The monoisotopic (exact) mass is 300 g/mol. The zero-order chi connectivity index (χ0) is 15.6. The minimum absolute atomic E-state index is 0.208. The molecular weight excluding hydrogens is 272 g/mol. The van der Waals surface area contributed by atoms with E-state index in [4.69, 9.17) is 0 Å². The Morgan fingerprint density at radius 1 is 1.18 bits per heavy atom. The van der Waals surface area contributed by atoms with Crippen molar-refractivity contribution in [1.82, 2.24) is 10.6 Å². The molecule has 22 heavy (non-hydrogen) atoms. The average Bonchev–Trinajstić information content (AvgIpc) is 2.54. The summed E-state index contributed by atoms with van der Waals surface area (Å²) >= 11 is 0. The van der Waals surface area contributed by atoms with E-state index >= 15 is 0 Å². The molecule has 120 valence electrons. The standard InChI is InChI=1S/C19H28N2O/c1-18(10-12-20-13-11-18)14-21-17(22)19(2)9-5-7-15-6-3-4-8-16(15)19/h3-4,6,8,20H,5,7,9-14H2,1-2H3,(H,21,22). The molecule has 2 aliphatic rings. The van der Waals surface area contributed by atoms with Gasteiger partial charge in [-0.15, -0.1) is 0 Å². The number of rotatable bonds is 3. The Labute approximate surface area is 133 Å². The van der Waals surface area contributed by atoms with Crippen molar-refractivity contribution >= 4 is 5.91 Å². The number of hydrogen-bond donors (Lipinski definition) is 2. The van der Waals surface area contributed by atoms with Gasteiger partial charge in [0.05, 0.1) is 5.41 Å². The number of fused-ring (bicyclic) bond motifs is 1. The van der Waals surface area contributed by atoms with Crippen LogP contribution in [0.4, 0.5) is 0 Å². The first-order valence-electron chi connectivity index (χ1n) is 8.61. The van der Waals surface area contributed by atoms with Crippen molar-refractivity contribution < 1.29 is 4.79 Å². The van der Waals surface area contributed by atoms with Crippen LogP contribution in [0, 0.1) is 5.41 Å². The predicted octanol–water partition coefficient (Wildman–Crippen LogP) is 2.79. The van der Waals surface area contributed by atoms with Crippen LogP contribution in [-0.2, 0) is 16.6 Å². The topological polar surface area (TPSA) is 41.1 Å². The minimum atomic E-state index is -0.363. The van der Waals surface area contributed by atoms with Gasteiger partial charge < -0.3 is 10.6 Å². The van der Waals surface area contributed by atoms with Gasteiger partial charge in [0.15, 0.2) is 0 Å². The number of nitrogens with one attached hydrogen (secondary N) is 2. The third kappa shape index (κ3) is 2.91. The molecule has 1 amide bonds. The van der Waals surface area contributed by atoms with Gasteiger partial charge in [-0.05, 0) is 68.7 Å². The molecule has 3 heteroatoms. The van der Waals surface area contributed by atoms with Gasteiger partial charge in [0.25, 0.3) is 0 Å². The number of piperidine rings is 1. The summed E-state index contributed by atoms with van der Waals surface area (Å²) in [5, 5.41) is 6.68. The van der Waals surface area contributed by atoms with Gasteiger partial charge in [-0.25, -0.2) is 0 Å². The van der Waals surface area contributed by atoms with Gasteiger partial charge in [0.1, 0.15) is 0 Å². The summed E-state index contributed by atoms with van der Waals surface area (Å²) in [6.07, 6.45) is 5.43. The van der Waals surface area contributed by atoms with Gasteiger partial charge in [-0.3, -0.25) is 4.79 Å². The van der Waals surface area contributed by atoms with Gasteiger partial charge in [-0.1, -0.05) is 31.2 Å². The minimum Gasteiger partial charge on any atom is -0.355 e. The van der Waals surface area contributed by atoms with E-state index < -0.39 is 0 Å². The van der Waals surface area contributed by atoms with E-state index in [1.165, 1.54) is 11.1 Å². The Balaban J connectivity index is 1.72. The molecule has 1 fully saturated rings. The molecule has 1 aliphatic carbocycles. The fourth-order valence-electron chi connectivity index (χ4n) is 3.98. The van der Waals surface area contributed by atoms with Crippen LogP contribution < -0.4 is 10.6 Å². The fraction of sp³-hybridized carbons (Fsp3) is 0.632. The lowest BCUT2D eigenvalue weighted by Gasteiger charge is -2.38. The molecule has 0 aromatic heterocycles. The molecule has 1 saturated heterocycles. The molecule has 0 spiro atoms. The molecule has 0 saturated carbocycles. The maximum atomic E-state index is 12.9. The summed E-state index contributed by atoms with van der Waals surface area (Å²) in [6, 6.07) is 8.46. The van der Waals surface area contributed by atoms with Crippen molar-refractivity contribution in [2.24, 2.45) is 5.41 Å². The summed E-state index contributed by atoms with van der Waals surface area (Å²) in [6.45, 7) is 7.33. The summed E-state index contributed by atoms with van der Waals surface area (Å²) < 4.78 is 0. The van der Waals surface area contributed by atoms with Crippen molar-refractivity contribution in [1.29, 1.82) is 0 Å². The highest BCUT2D eigenvalue weighted by molar-refractivity contribution is 5.88. The molecule has 1 heterocycles. The average molecular weight is 300 g/mol. The highest BCUT2D eigenvalue weighted by Gasteiger charge is 2.39. The Morgan fingerprint density at radius 3 is 2.68 bits per heavy atom. The van der Waals surface area contributed by atoms with E-state index in [-0.39, 0.29) is 16.7 Å². The van der Waals surface area contributed by atoms with Crippen molar-refractivity contribution in [3.8, 4) is 0 Å². The Morgan fingerprint density at radius 2 is 1.91 bits per heavy atom. The lowest BCUT2D eigenvalue weighted by atomic mass is 9.70. The highest BCUT2D eigenvalue weighted by atomic mass is 16.2. The number of hydrogen-bond acceptors (Lipinski definition) is 2. The number of amides is 1. The second-order valence-electron chi connectivity index (χ2n) is 7.59. The Bertz CT molecular complexity index is 548. The molecule has 3 nitrogen and oxygen atoms in total. The molecule has 3 rings (SSSR count). The zero-order valence-corrected chi connectivity index (χ0v) is 13.9. The largest absolute Gasteiger partial charge is 0.355 e. The third-order valence-electron chi connectivity index (χ3n) is 5.72. The van der Waals surface area contributed by atoms with E-state index in [2.05, 4.69) is 48.7 Å².